The summed E-state index contributed by atoms with van der Waals surface area (Å²) in [5.74, 6) is 0.870. The van der Waals surface area contributed by atoms with Crippen LogP contribution < -0.4 is 15.8 Å². The number of ether oxygens (including phenoxy) is 1. The highest BCUT2D eigenvalue weighted by Gasteiger charge is 2.14. The molecule has 1 atom stereocenters. The van der Waals surface area contributed by atoms with Crippen LogP contribution in [0.1, 0.15) is 30.5 Å². The van der Waals surface area contributed by atoms with Crippen LogP contribution in [0.4, 0.5) is 5.69 Å². The van der Waals surface area contributed by atoms with Crippen molar-refractivity contribution in [2.45, 2.75) is 25.8 Å². The van der Waals surface area contributed by atoms with Gasteiger partial charge in [-0.3, -0.25) is 4.98 Å². The van der Waals surface area contributed by atoms with E-state index in [4.69, 9.17) is 10.5 Å². The fraction of sp³-hybridized carbons (Fsp3) is 0.353. The van der Waals surface area contributed by atoms with Gasteiger partial charge in [-0.2, -0.15) is 0 Å². The average Bonchev–Trinajstić information content (AvgIpc) is 2.53. The van der Waals surface area contributed by atoms with Gasteiger partial charge >= 0.3 is 0 Å². The van der Waals surface area contributed by atoms with Crippen molar-refractivity contribution >= 4 is 5.69 Å². The Balaban J connectivity index is 2.23. The molecule has 1 unspecified atom stereocenters. The van der Waals surface area contributed by atoms with E-state index in [1.807, 2.05) is 24.4 Å². The summed E-state index contributed by atoms with van der Waals surface area (Å²) < 4.78 is 5.32. The summed E-state index contributed by atoms with van der Waals surface area (Å²) >= 11 is 0. The number of nitrogen functional groups attached to an aromatic ring is 1. The number of aromatic nitrogens is 1. The fourth-order valence-electron chi connectivity index (χ4n) is 2.31. The molecule has 21 heavy (non-hydrogen) atoms. The second-order valence-corrected chi connectivity index (χ2v) is 5.06. The summed E-state index contributed by atoms with van der Waals surface area (Å²) in [6.07, 6.45) is 5.46. The van der Waals surface area contributed by atoms with Gasteiger partial charge in [0.05, 0.1) is 7.11 Å². The second kappa shape index (κ2) is 7.64. The van der Waals surface area contributed by atoms with Gasteiger partial charge < -0.3 is 15.8 Å². The number of hydrogen-bond donors (Lipinski definition) is 2. The van der Waals surface area contributed by atoms with Crippen molar-refractivity contribution < 1.29 is 4.74 Å². The van der Waals surface area contributed by atoms with Crippen molar-refractivity contribution in [2.75, 3.05) is 19.4 Å². The maximum atomic E-state index is 6.04. The quantitative estimate of drug-likeness (QED) is 0.821. The topological polar surface area (TPSA) is 60.2 Å². The first-order valence-corrected chi connectivity index (χ1v) is 7.30. The van der Waals surface area contributed by atoms with Crippen molar-refractivity contribution in [3.63, 3.8) is 0 Å². The molecule has 4 heteroatoms. The van der Waals surface area contributed by atoms with Gasteiger partial charge in [0.2, 0.25) is 0 Å². The summed E-state index contributed by atoms with van der Waals surface area (Å²) in [7, 11) is 1.69. The van der Waals surface area contributed by atoms with E-state index in [9.17, 15) is 0 Å². The third-order valence-electron chi connectivity index (χ3n) is 3.50. The van der Waals surface area contributed by atoms with E-state index in [0.717, 1.165) is 36.4 Å². The molecule has 1 heterocycles. The molecule has 0 aliphatic carbocycles. The van der Waals surface area contributed by atoms with Crippen molar-refractivity contribution in [2.24, 2.45) is 0 Å². The lowest BCUT2D eigenvalue weighted by molar-refractivity contribution is 0.412. The summed E-state index contributed by atoms with van der Waals surface area (Å²) in [4.78, 5) is 4.17. The maximum absolute atomic E-state index is 6.04. The van der Waals surface area contributed by atoms with Gasteiger partial charge in [-0.15, -0.1) is 0 Å². The fourth-order valence-corrected chi connectivity index (χ4v) is 2.31. The van der Waals surface area contributed by atoms with Crippen LogP contribution in [0.15, 0.2) is 42.7 Å². The number of anilines is 1. The Bertz CT molecular complexity index is 571. The van der Waals surface area contributed by atoms with Crippen molar-refractivity contribution in [1.82, 2.24) is 10.3 Å². The molecule has 3 N–H and O–H groups in total. The molecule has 0 saturated carbocycles. The van der Waals surface area contributed by atoms with E-state index < -0.39 is 0 Å². The number of nitrogens with one attached hydrogen (secondary N) is 1. The van der Waals surface area contributed by atoms with Crippen LogP contribution in [0.5, 0.6) is 5.75 Å². The molecule has 0 aliphatic rings. The van der Waals surface area contributed by atoms with Gasteiger partial charge in [-0.25, -0.2) is 0 Å². The molecule has 4 nitrogen and oxygen atoms in total. The Labute approximate surface area is 126 Å². The number of nitrogens with two attached hydrogens (primary N) is 1. The van der Waals surface area contributed by atoms with Crippen LogP contribution in [-0.2, 0) is 6.42 Å². The first-order chi connectivity index (χ1) is 10.2. The molecule has 0 saturated heterocycles. The number of benzene rings is 1. The maximum Gasteiger partial charge on any atom is 0.119 e. The minimum absolute atomic E-state index is 0.201. The zero-order valence-corrected chi connectivity index (χ0v) is 12.7. The predicted molar refractivity (Wildman–Crippen MR) is 86.4 cm³/mol. The van der Waals surface area contributed by atoms with Gasteiger partial charge in [0.25, 0.3) is 0 Å². The highest BCUT2D eigenvalue weighted by Crippen LogP contribution is 2.24. The normalized spacial score (nSPS) is 12.1. The first-order valence-electron chi connectivity index (χ1n) is 7.30. The molecule has 0 fully saturated rings. The van der Waals surface area contributed by atoms with Gasteiger partial charge in [0.15, 0.2) is 0 Å². The van der Waals surface area contributed by atoms with E-state index in [-0.39, 0.29) is 6.04 Å². The zero-order chi connectivity index (χ0) is 15.1. The molecular weight excluding hydrogens is 262 g/mol. The molecule has 1 aromatic heterocycles. The number of rotatable bonds is 7. The van der Waals surface area contributed by atoms with Crippen LogP contribution in [0, 0.1) is 0 Å². The van der Waals surface area contributed by atoms with Gasteiger partial charge in [-0.05, 0) is 48.7 Å². The Morgan fingerprint density at radius 3 is 2.90 bits per heavy atom. The average molecular weight is 285 g/mol. The number of pyridine rings is 1. The van der Waals surface area contributed by atoms with Crippen LogP contribution in [0.3, 0.4) is 0 Å². The van der Waals surface area contributed by atoms with E-state index in [0.29, 0.717) is 0 Å². The molecule has 2 aromatic rings. The second-order valence-electron chi connectivity index (χ2n) is 5.06. The molecule has 2 rings (SSSR count). The van der Waals surface area contributed by atoms with E-state index >= 15 is 0 Å². The molecular formula is C17H23N3O. The predicted octanol–water partition coefficient (Wildman–Crippen LogP) is 2.96. The standard InChI is InChI=1S/C17H23N3O/c1-3-8-20-17(11-14-12-19-9-7-16(14)18)13-5-4-6-15(10-13)21-2/h4-7,9-10,12,17,20H,3,8,11H2,1-2H3,(H2,18,19). The van der Waals surface area contributed by atoms with E-state index in [2.05, 4.69) is 29.4 Å². The van der Waals surface area contributed by atoms with Crippen LogP contribution >= 0.6 is 0 Å². The minimum atomic E-state index is 0.201. The smallest absolute Gasteiger partial charge is 0.119 e. The summed E-state index contributed by atoms with van der Waals surface area (Å²) in [5, 5.41) is 3.57. The SMILES string of the molecule is CCCNC(Cc1cnccc1N)c1cccc(OC)c1. The summed E-state index contributed by atoms with van der Waals surface area (Å²) in [6, 6.07) is 10.2. The molecule has 0 radical (unpaired) electrons. The first kappa shape index (κ1) is 15.3. The van der Waals surface area contributed by atoms with E-state index in [1.54, 1.807) is 13.3 Å². The lowest BCUT2D eigenvalue weighted by Crippen LogP contribution is -2.24. The Morgan fingerprint density at radius 2 is 2.19 bits per heavy atom. The monoisotopic (exact) mass is 285 g/mol. The molecule has 1 aromatic carbocycles. The third kappa shape index (κ3) is 4.20. The number of nitrogens with zero attached hydrogens (tertiary/aromatic N) is 1. The largest absolute Gasteiger partial charge is 0.497 e. The van der Waals surface area contributed by atoms with Crippen molar-refractivity contribution in [1.29, 1.82) is 0 Å². The zero-order valence-electron chi connectivity index (χ0n) is 12.7. The van der Waals surface area contributed by atoms with Crippen LogP contribution in [0.2, 0.25) is 0 Å². The lowest BCUT2D eigenvalue weighted by atomic mass is 9.98. The van der Waals surface area contributed by atoms with Crippen LogP contribution in [-0.4, -0.2) is 18.6 Å². The molecule has 0 aliphatic heterocycles. The molecule has 0 spiro atoms. The molecule has 112 valence electrons. The highest BCUT2D eigenvalue weighted by atomic mass is 16.5. The Morgan fingerprint density at radius 1 is 1.33 bits per heavy atom. The van der Waals surface area contributed by atoms with Crippen LogP contribution in [0.25, 0.3) is 0 Å². The number of methoxy groups -OCH3 is 1. The van der Waals surface area contributed by atoms with Crippen molar-refractivity contribution in [3.05, 3.63) is 53.9 Å². The minimum Gasteiger partial charge on any atom is -0.497 e. The number of hydrogen-bond acceptors (Lipinski definition) is 4. The lowest BCUT2D eigenvalue weighted by Gasteiger charge is -2.20. The summed E-state index contributed by atoms with van der Waals surface area (Å²) in [5.41, 5.74) is 9.09. The van der Waals surface area contributed by atoms with Gasteiger partial charge in [0.1, 0.15) is 5.75 Å². The van der Waals surface area contributed by atoms with Gasteiger partial charge in [-0.1, -0.05) is 19.1 Å². The van der Waals surface area contributed by atoms with Crippen molar-refractivity contribution in [3.8, 4) is 5.75 Å². The molecule has 0 bridgehead atoms. The van der Waals surface area contributed by atoms with Gasteiger partial charge in [0, 0.05) is 24.1 Å². The highest BCUT2D eigenvalue weighted by molar-refractivity contribution is 5.45. The third-order valence-corrected chi connectivity index (χ3v) is 3.50. The van der Waals surface area contributed by atoms with E-state index in [1.165, 1.54) is 5.56 Å². The summed E-state index contributed by atoms with van der Waals surface area (Å²) in [6.45, 7) is 3.12. The molecule has 0 amide bonds. The Hall–Kier alpha value is -2.07. The Kier molecular flexibility index (Phi) is 5.58.